The predicted molar refractivity (Wildman–Crippen MR) is 122 cm³/mol. The Morgan fingerprint density at radius 2 is 1.27 bits per heavy atom. The van der Waals surface area contributed by atoms with E-state index in [1.165, 1.54) is 22.3 Å². The monoisotopic (exact) mass is 396 g/mol. The number of benzene rings is 3. The summed E-state index contributed by atoms with van der Waals surface area (Å²) in [6, 6.07) is 25.5. The van der Waals surface area contributed by atoms with Gasteiger partial charge >= 0.3 is 0 Å². The molecular formula is C27H28N2O. The molecule has 0 saturated heterocycles. The molecule has 1 amide bonds. The number of hydrogen-bond acceptors (Lipinski definition) is 2. The van der Waals surface area contributed by atoms with Crippen molar-refractivity contribution in [2.24, 2.45) is 0 Å². The van der Waals surface area contributed by atoms with E-state index in [0.29, 0.717) is 6.42 Å². The van der Waals surface area contributed by atoms with E-state index in [2.05, 4.69) is 65.6 Å². The van der Waals surface area contributed by atoms with Crippen LogP contribution in [0, 0.1) is 0 Å². The number of rotatable bonds is 4. The Morgan fingerprint density at radius 1 is 0.700 bits per heavy atom. The van der Waals surface area contributed by atoms with Crippen LogP contribution in [-0.4, -0.2) is 23.9 Å². The zero-order chi connectivity index (χ0) is 20.3. The average molecular weight is 397 g/mol. The van der Waals surface area contributed by atoms with Crippen LogP contribution in [0.25, 0.3) is 0 Å². The summed E-state index contributed by atoms with van der Waals surface area (Å²) in [5.74, 6) is 0.203. The van der Waals surface area contributed by atoms with Crippen LogP contribution in [0.1, 0.15) is 35.1 Å². The number of carbonyl (C=O) groups excluding carboxylic acids is 1. The number of para-hydroxylation sites is 2. The Kier molecular flexibility index (Phi) is 5.37. The van der Waals surface area contributed by atoms with E-state index in [1.54, 1.807) is 0 Å². The zero-order valence-corrected chi connectivity index (χ0v) is 17.4. The third kappa shape index (κ3) is 3.78. The second-order valence-corrected chi connectivity index (χ2v) is 8.38. The molecular weight excluding hydrogens is 368 g/mol. The van der Waals surface area contributed by atoms with Crippen molar-refractivity contribution in [1.82, 2.24) is 4.90 Å². The Morgan fingerprint density at radius 3 is 1.93 bits per heavy atom. The molecule has 0 aromatic heterocycles. The predicted octanol–water partition coefficient (Wildman–Crippen LogP) is 5.29. The molecule has 0 spiro atoms. The third-order valence-electron chi connectivity index (χ3n) is 6.45. The molecule has 3 aromatic carbocycles. The van der Waals surface area contributed by atoms with E-state index in [1.807, 2.05) is 17.0 Å². The van der Waals surface area contributed by atoms with Crippen LogP contribution in [0.2, 0.25) is 0 Å². The molecule has 0 fully saturated rings. The summed E-state index contributed by atoms with van der Waals surface area (Å²) in [7, 11) is 0. The van der Waals surface area contributed by atoms with Gasteiger partial charge in [0.1, 0.15) is 0 Å². The van der Waals surface area contributed by atoms with Gasteiger partial charge in [-0.05, 0) is 66.6 Å². The summed E-state index contributed by atoms with van der Waals surface area (Å²) in [5, 5.41) is 0. The molecule has 3 aromatic rings. The normalized spacial score (nSPS) is 15.7. The van der Waals surface area contributed by atoms with Crippen LogP contribution < -0.4 is 4.90 Å². The summed E-state index contributed by atoms with van der Waals surface area (Å²) in [5.41, 5.74) is 7.54. The van der Waals surface area contributed by atoms with Gasteiger partial charge in [-0.15, -0.1) is 0 Å². The van der Waals surface area contributed by atoms with E-state index in [4.69, 9.17) is 0 Å². The molecule has 3 nitrogen and oxygen atoms in total. The quantitative estimate of drug-likeness (QED) is 0.598. The molecule has 0 atom stereocenters. The molecule has 0 saturated carbocycles. The van der Waals surface area contributed by atoms with E-state index in [-0.39, 0.29) is 5.91 Å². The van der Waals surface area contributed by atoms with Gasteiger partial charge in [-0.1, -0.05) is 60.7 Å². The molecule has 0 radical (unpaired) electrons. The molecule has 0 aliphatic carbocycles. The lowest BCUT2D eigenvalue weighted by Gasteiger charge is -2.29. The molecule has 0 N–H and O–H groups in total. The summed E-state index contributed by atoms with van der Waals surface area (Å²) >= 11 is 0. The van der Waals surface area contributed by atoms with Gasteiger partial charge < -0.3 is 0 Å². The molecule has 5 rings (SSSR count). The van der Waals surface area contributed by atoms with E-state index >= 15 is 0 Å². The van der Waals surface area contributed by atoms with Gasteiger partial charge in [0.25, 0.3) is 0 Å². The first-order chi connectivity index (χ1) is 14.8. The highest BCUT2D eigenvalue weighted by molar-refractivity contribution is 6.02. The number of aryl methyl sites for hydroxylation is 2. The minimum Gasteiger partial charge on any atom is -0.299 e. The van der Waals surface area contributed by atoms with Gasteiger partial charge in [0, 0.05) is 19.5 Å². The molecule has 0 bridgehead atoms. The maximum Gasteiger partial charge on any atom is 0.231 e. The van der Waals surface area contributed by atoms with E-state index in [0.717, 1.165) is 56.7 Å². The summed E-state index contributed by atoms with van der Waals surface area (Å²) in [4.78, 5) is 17.9. The number of hydrogen-bond donors (Lipinski definition) is 0. The second kappa shape index (κ2) is 8.45. The maximum absolute atomic E-state index is 13.4. The molecule has 2 aliphatic heterocycles. The SMILES string of the molecule is O=C(CCCN1CCc2ccccc2C1)N1c2ccccc2CCc2ccccc21. The van der Waals surface area contributed by atoms with Gasteiger partial charge in [0.05, 0.1) is 11.4 Å². The van der Waals surface area contributed by atoms with Crippen LogP contribution >= 0.6 is 0 Å². The first kappa shape index (κ1) is 19.1. The van der Waals surface area contributed by atoms with Gasteiger partial charge in [-0.2, -0.15) is 0 Å². The zero-order valence-electron chi connectivity index (χ0n) is 17.4. The lowest BCUT2D eigenvalue weighted by molar-refractivity contribution is -0.118. The maximum atomic E-state index is 13.4. The highest BCUT2D eigenvalue weighted by Gasteiger charge is 2.25. The number of anilines is 2. The second-order valence-electron chi connectivity index (χ2n) is 8.38. The molecule has 30 heavy (non-hydrogen) atoms. The van der Waals surface area contributed by atoms with Gasteiger partial charge in [-0.3, -0.25) is 14.6 Å². The van der Waals surface area contributed by atoms with Gasteiger partial charge in [-0.25, -0.2) is 0 Å². The molecule has 2 aliphatic rings. The first-order valence-corrected chi connectivity index (χ1v) is 11.1. The fourth-order valence-electron chi connectivity index (χ4n) is 4.86. The van der Waals surface area contributed by atoms with E-state index < -0.39 is 0 Å². The van der Waals surface area contributed by atoms with Gasteiger partial charge in [0.15, 0.2) is 0 Å². The lowest BCUT2D eigenvalue weighted by Crippen LogP contribution is -2.32. The van der Waals surface area contributed by atoms with Crippen molar-refractivity contribution >= 4 is 17.3 Å². The number of nitrogens with zero attached hydrogens (tertiary/aromatic N) is 2. The Balaban J connectivity index is 1.30. The van der Waals surface area contributed by atoms with Crippen molar-refractivity contribution < 1.29 is 4.79 Å². The average Bonchev–Trinajstić information content (AvgIpc) is 2.96. The van der Waals surface area contributed by atoms with E-state index in [9.17, 15) is 4.79 Å². The largest absolute Gasteiger partial charge is 0.299 e. The van der Waals surface area contributed by atoms with Crippen molar-refractivity contribution in [3.05, 3.63) is 95.1 Å². The highest BCUT2D eigenvalue weighted by Crippen LogP contribution is 2.36. The topological polar surface area (TPSA) is 23.6 Å². The highest BCUT2D eigenvalue weighted by atomic mass is 16.2. The molecule has 0 unspecified atom stereocenters. The molecule has 2 heterocycles. The summed E-state index contributed by atoms with van der Waals surface area (Å²) in [6.07, 6.45) is 4.52. The van der Waals surface area contributed by atoms with Crippen molar-refractivity contribution in [2.75, 3.05) is 18.0 Å². The summed E-state index contributed by atoms with van der Waals surface area (Å²) < 4.78 is 0. The Bertz CT molecular complexity index is 1010. The van der Waals surface area contributed by atoms with Crippen LogP contribution in [0.3, 0.4) is 0 Å². The first-order valence-electron chi connectivity index (χ1n) is 11.1. The smallest absolute Gasteiger partial charge is 0.231 e. The van der Waals surface area contributed by atoms with Crippen LogP contribution in [0.5, 0.6) is 0 Å². The minimum atomic E-state index is 0.203. The third-order valence-corrected chi connectivity index (χ3v) is 6.45. The Labute approximate surface area is 178 Å². The Hall–Kier alpha value is -2.91. The molecule has 3 heteroatoms. The molecule has 152 valence electrons. The fourth-order valence-corrected chi connectivity index (χ4v) is 4.86. The van der Waals surface area contributed by atoms with Gasteiger partial charge in [0.2, 0.25) is 5.91 Å². The van der Waals surface area contributed by atoms with Crippen LogP contribution in [-0.2, 0) is 30.6 Å². The number of fused-ring (bicyclic) bond motifs is 3. The van der Waals surface area contributed by atoms with Crippen molar-refractivity contribution in [2.45, 2.75) is 38.6 Å². The van der Waals surface area contributed by atoms with Crippen molar-refractivity contribution in [1.29, 1.82) is 0 Å². The van der Waals surface area contributed by atoms with Crippen LogP contribution in [0.4, 0.5) is 11.4 Å². The van der Waals surface area contributed by atoms with Crippen LogP contribution in [0.15, 0.2) is 72.8 Å². The lowest BCUT2D eigenvalue weighted by atomic mass is 10.00. The fraction of sp³-hybridized carbons (Fsp3) is 0.296. The minimum absolute atomic E-state index is 0.203. The van der Waals surface area contributed by atoms with Crippen molar-refractivity contribution in [3.63, 3.8) is 0 Å². The summed E-state index contributed by atoms with van der Waals surface area (Å²) in [6.45, 7) is 3.05. The number of amides is 1. The van der Waals surface area contributed by atoms with Crippen molar-refractivity contribution in [3.8, 4) is 0 Å². The number of carbonyl (C=O) groups is 1. The standard InChI is InChI=1S/C27H28N2O/c30-27(14-7-18-28-19-17-21-8-1-2-11-24(21)20-28)29-25-12-5-3-9-22(25)15-16-23-10-4-6-13-26(23)29/h1-6,8-13H,7,14-20H2.